The summed E-state index contributed by atoms with van der Waals surface area (Å²) in [6, 6.07) is 0. The third-order valence-electron chi connectivity index (χ3n) is 2.31. The van der Waals surface area contributed by atoms with Gasteiger partial charge < -0.3 is 15.3 Å². The van der Waals surface area contributed by atoms with Gasteiger partial charge in [-0.05, 0) is 38.7 Å². The van der Waals surface area contributed by atoms with Crippen LogP contribution in [0.5, 0.6) is 0 Å². The molecular weight excluding hydrogens is 166 g/mol. The second-order valence-corrected chi connectivity index (χ2v) is 3.49. The van der Waals surface area contributed by atoms with Crippen LogP contribution in [0.4, 0.5) is 0 Å². The van der Waals surface area contributed by atoms with Gasteiger partial charge in [-0.15, -0.1) is 0 Å². The lowest BCUT2D eigenvalue weighted by Gasteiger charge is -2.26. The van der Waals surface area contributed by atoms with Crippen LogP contribution in [-0.4, -0.2) is 23.5 Å². The Balaban J connectivity index is 2.30. The van der Waals surface area contributed by atoms with Crippen molar-refractivity contribution in [3.63, 3.8) is 0 Å². The zero-order valence-electron chi connectivity index (χ0n) is 7.99. The fourth-order valence-electron chi connectivity index (χ4n) is 1.58. The molecule has 2 N–H and O–H groups in total. The Hall–Kier alpha value is -0.830. The van der Waals surface area contributed by atoms with Crippen molar-refractivity contribution in [3.05, 3.63) is 11.8 Å². The van der Waals surface area contributed by atoms with Crippen molar-refractivity contribution < 1.29 is 9.84 Å². The van der Waals surface area contributed by atoms with Crippen LogP contribution in [0.15, 0.2) is 11.8 Å². The highest BCUT2D eigenvalue weighted by Crippen LogP contribution is 2.22. The van der Waals surface area contributed by atoms with Crippen LogP contribution in [-0.2, 0) is 4.74 Å². The molecule has 0 amide bonds. The summed E-state index contributed by atoms with van der Waals surface area (Å²) in [7, 11) is 0. The van der Waals surface area contributed by atoms with E-state index in [2.05, 4.69) is 0 Å². The van der Waals surface area contributed by atoms with Gasteiger partial charge in [-0.1, -0.05) is 0 Å². The lowest BCUT2D eigenvalue weighted by atomic mass is 9.95. The molecule has 0 radical (unpaired) electrons. The highest BCUT2D eigenvalue weighted by molar-refractivity contribution is 5.68. The molecule has 0 bridgehead atoms. The Kier molecular flexibility index (Phi) is 3.96. The SMILES string of the molecule is CC(=CC=N)OC1CCC(O)CC1. The zero-order valence-corrected chi connectivity index (χ0v) is 7.99. The normalized spacial score (nSPS) is 29.8. The summed E-state index contributed by atoms with van der Waals surface area (Å²) in [6.07, 6.45) is 6.49. The van der Waals surface area contributed by atoms with E-state index in [1.807, 2.05) is 6.92 Å². The van der Waals surface area contributed by atoms with Gasteiger partial charge in [0.15, 0.2) is 0 Å². The molecule has 74 valence electrons. The van der Waals surface area contributed by atoms with Crippen LogP contribution < -0.4 is 0 Å². The van der Waals surface area contributed by atoms with Crippen LogP contribution in [0.3, 0.4) is 0 Å². The van der Waals surface area contributed by atoms with Gasteiger partial charge in [0, 0.05) is 6.21 Å². The monoisotopic (exact) mass is 183 g/mol. The van der Waals surface area contributed by atoms with Gasteiger partial charge in [0.25, 0.3) is 0 Å². The molecule has 0 aliphatic heterocycles. The molecule has 0 atom stereocenters. The van der Waals surface area contributed by atoms with E-state index in [0.29, 0.717) is 0 Å². The molecule has 1 fully saturated rings. The molecular formula is C10H17NO2. The fraction of sp³-hybridized carbons (Fsp3) is 0.700. The van der Waals surface area contributed by atoms with E-state index in [0.717, 1.165) is 31.4 Å². The Morgan fingerprint density at radius 1 is 1.38 bits per heavy atom. The van der Waals surface area contributed by atoms with Crippen molar-refractivity contribution >= 4 is 6.21 Å². The number of aliphatic hydroxyl groups excluding tert-OH is 1. The van der Waals surface area contributed by atoms with Crippen LogP contribution in [0.2, 0.25) is 0 Å². The summed E-state index contributed by atoms with van der Waals surface area (Å²) < 4.78 is 5.58. The number of hydrogen-bond donors (Lipinski definition) is 2. The molecule has 1 rings (SSSR count). The zero-order chi connectivity index (χ0) is 9.68. The summed E-state index contributed by atoms with van der Waals surface area (Å²) in [6.45, 7) is 1.86. The first-order valence-corrected chi connectivity index (χ1v) is 4.74. The van der Waals surface area contributed by atoms with Gasteiger partial charge in [0.2, 0.25) is 0 Å². The molecule has 0 aromatic carbocycles. The van der Waals surface area contributed by atoms with Gasteiger partial charge in [0.05, 0.1) is 18.0 Å². The smallest absolute Gasteiger partial charge is 0.0984 e. The molecule has 1 aliphatic rings. The number of rotatable bonds is 3. The van der Waals surface area contributed by atoms with Crippen molar-refractivity contribution in [3.8, 4) is 0 Å². The largest absolute Gasteiger partial charge is 0.495 e. The van der Waals surface area contributed by atoms with Crippen molar-refractivity contribution in [1.29, 1.82) is 5.41 Å². The Morgan fingerprint density at radius 2 is 2.00 bits per heavy atom. The predicted molar refractivity (Wildman–Crippen MR) is 51.9 cm³/mol. The maximum Gasteiger partial charge on any atom is 0.0984 e. The molecule has 0 spiro atoms. The van der Waals surface area contributed by atoms with Gasteiger partial charge in [-0.3, -0.25) is 0 Å². The number of hydrogen-bond acceptors (Lipinski definition) is 3. The second kappa shape index (κ2) is 5.02. The minimum absolute atomic E-state index is 0.133. The first-order chi connectivity index (χ1) is 6.22. The van der Waals surface area contributed by atoms with E-state index in [1.54, 1.807) is 6.08 Å². The number of allylic oxidation sites excluding steroid dienone is 2. The van der Waals surface area contributed by atoms with Crippen molar-refractivity contribution in [2.45, 2.75) is 44.8 Å². The molecule has 3 nitrogen and oxygen atoms in total. The lowest BCUT2D eigenvalue weighted by Crippen LogP contribution is -2.23. The van der Waals surface area contributed by atoms with Crippen molar-refractivity contribution in [2.24, 2.45) is 0 Å². The molecule has 1 aliphatic carbocycles. The van der Waals surface area contributed by atoms with E-state index in [1.165, 1.54) is 6.21 Å². The first-order valence-electron chi connectivity index (χ1n) is 4.74. The Labute approximate surface area is 78.9 Å². The van der Waals surface area contributed by atoms with E-state index >= 15 is 0 Å². The quantitative estimate of drug-likeness (QED) is 0.518. The summed E-state index contributed by atoms with van der Waals surface area (Å²) in [4.78, 5) is 0. The molecule has 13 heavy (non-hydrogen) atoms. The van der Waals surface area contributed by atoms with E-state index in [4.69, 9.17) is 10.1 Å². The first kappa shape index (κ1) is 10.3. The van der Waals surface area contributed by atoms with Crippen molar-refractivity contribution in [2.75, 3.05) is 0 Å². The van der Waals surface area contributed by atoms with Crippen molar-refractivity contribution in [1.82, 2.24) is 0 Å². The number of ether oxygens (including phenoxy) is 1. The summed E-state index contributed by atoms with van der Waals surface area (Å²) in [5.74, 6) is 0.788. The average molecular weight is 183 g/mol. The minimum atomic E-state index is -0.133. The molecule has 0 unspecified atom stereocenters. The molecule has 0 heterocycles. The third-order valence-corrected chi connectivity index (χ3v) is 2.31. The maximum absolute atomic E-state index is 9.26. The van der Waals surface area contributed by atoms with Gasteiger partial charge >= 0.3 is 0 Å². The topological polar surface area (TPSA) is 53.3 Å². The molecule has 0 aromatic rings. The van der Waals surface area contributed by atoms with Crippen LogP contribution in [0.1, 0.15) is 32.6 Å². The Bertz CT molecular complexity index is 193. The third kappa shape index (κ3) is 3.59. The standard InChI is InChI=1S/C10H17NO2/c1-8(6-7-11)13-10-4-2-9(12)3-5-10/h6-7,9-12H,2-5H2,1H3. The molecule has 0 aromatic heterocycles. The van der Waals surface area contributed by atoms with E-state index < -0.39 is 0 Å². The van der Waals surface area contributed by atoms with Gasteiger partial charge in [0.1, 0.15) is 0 Å². The van der Waals surface area contributed by atoms with Crippen LogP contribution >= 0.6 is 0 Å². The Morgan fingerprint density at radius 3 is 2.54 bits per heavy atom. The van der Waals surface area contributed by atoms with E-state index in [9.17, 15) is 5.11 Å². The molecule has 1 saturated carbocycles. The van der Waals surface area contributed by atoms with Crippen LogP contribution in [0.25, 0.3) is 0 Å². The summed E-state index contributed by atoms with van der Waals surface area (Å²) in [5.41, 5.74) is 0. The highest BCUT2D eigenvalue weighted by Gasteiger charge is 2.20. The maximum atomic E-state index is 9.26. The second-order valence-electron chi connectivity index (χ2n) is 3.49. The summed E-state index contributed by atoms with van der Waals surface area (Å²) in [5, 5.41) is 16.1. The molecule has 3 heteroatoms. The average Bonchev–Trinajstić information content (AvgIpc) is 2.09. The fourth-order valence-corrected chi connectivity index (χ4v) is 1.58. The molecule has 0 saturated heterocycles. The van der Waals surface area contributed by atoms with Crippen LogP contribution in [0, 0.1) is 5.41 Å². The highest BCUT2D eigenvalue weighted by atomic mass is 16.5. The number of nitrogens with one attached hydrogen (secondary N) is 1. The van der Waals surface area contributed by atoms with Gasteiger partial charge in [-0.2, -0.15) is 0 Å². The minimum Gasteiger partial charge on any atom is -0.495 e. The van der Waals surface area contributed by atoms with E-state index in [-0.39, 0.29) is 12.2 Å². The predicted octanol–water partition coefficient (Wildman–Crippen LogP) is 1.86. The number of aliphatic hydroxyl groups is 1. The summed E-state index contributed by atoms with van der Waals surface area (Å²) >= 11 is 0. The lowest BCUT2D eigenvalue weighted by molar-refractivity contribution is 0.0324. The van der Waals surface area contributed by atoms with Gasteiger partial charge in [-0.25, -0.2) is 0 Å².